The molecule has 0 unspecified atom stereocenters. The van der Waals surface area contributed by atoms with Gasteiger partial charge in [-0.15, -0.1) is 0 Å². The molecule has 0 aliphatic heterocycles. The lowest BCUT2D eigenvalue weighted by molar-refractivity contribution is 1.08. The Balaban J connectivity index is 1.19. The molecule has 0 amide bonds. The third kappa shape index (κ3) is 6.07. The molecule has 6 heterocycles. The lowest BCUT2D eigenvalue weighted by Crippen LogP contribution is -1.98. The molecular formula is C47H30N8. The molecule has 0 N–H and O–H groups in total. The van der Waals surface area contributed by atoms with Crippen LogP contribution < -0.4 is 0 Å². The van der Waals surface area contributed by atoms with Crippen LogP contribution >= 0.6 is 0 Å². The minimum Gasteiger partial charge on any atom is -0.294 e. The van der Waals surface area contributed by atoms with Crippen LogP contribution in [0.1, 0.15) is 0 Å². The zero-order chi connectivity index (χ0) is 36.6. The fourth-order valence-corrected chi connectivity index (χ4v) is 6.99. The van der Waals surface area contributed by atoms with Crippen molar-refractivity contribution < 1.29 is 0 Å². The molecule has 0 atom stereocenters. The number of hydrogen-bond acceptors (Lipinski definition) is 7. The second kappa shape index (κ2) is 13.7. The van der Waals surface area contributed by atoms with Crippen LogP contribution in [0, 0.1) is 0 Å². The van der Waals surface area contributed by atoms with E-state index in [1.54, 1.807) is 12.4 Å². The van der Waals surface area contributed by atoms with Crippen LogP contribution in [0.5, 0.6) is 0 Å². The Morgan fingerprint density at radius 3 is 1.18 bits per heavy atom. The summed E-state index contributed by atoms with van der Waals surface area (Å²) in [6.45, 7) is 0. The summed E-state index contributed by atoms with van der Waals surface area (Å²) in [5.74, 6) is 2.11. The van der Waals surface area contributed by atoms with Crippen molar-refractivity contribution >= 4 is 21.8 Å². The second-order valence-corrected chi connectivity index (χ2v) is 13.1. The molecule has 6 aromatic heterocycles. The molecule has 55 heavy (non-hydrogen) atoms. The zero-order valence-corrected chi connectivity index (χ0v) is 29.4. The highest BCUT2D eigenvalue weighted by Crippen LogP contribution is 2.38. The molecule has 8 nitrogen and oxygen atoms in total. The summed E-state index contributed by atoms with van der Waals surface area (Å²) in [4.78, 5) is 34.1. The Hall–Kier alpha value is -7.71. The molecule has 0 fully saturated rings. The Morgan fingerprint density at radius 1 is 0.309 bits per heavy atom. The highest BCUT2D eigenvalue weighted by molar-refractivity contribution is 6.11. The summed E-state index contributed by atoms with van der Waals surface area (Å²) >= 11 is 0. The van der Waals surface area contributed by atoms with Gasteiger partial charge in [0.1, 0.15) is 5.82 Å². The molecule has 258 valence electrons. The van der Waals surface area contributed by atoms with Gasteiger partial charge in [-0.2, -0.15) is 0 Å². The topological polar surface area (TPSA) is 95.2 Å². The zero-order valence-electron chi connectivity index (χ0n) is 29.4. The molecule has 0 saturated heterocycles. The lowest BCUT2D eigenvalue weighted by atomic mass is 10.0. The van der Waals surface area contributed by atoms with Crippen molar-refractivity contribution in [1.29, 1.82) is 0 Å². The number of nitrogens with zero attached hydrogens (tertiary/aromatic N) is 8. The van der Waals surface area contributed by atoms with Gasteiger partial charge in [0, 0.05) is 51.6 Å². The maximum atomic E-state index is 5.11. The van der Waals surface area contributed by atoms with Gasteiger partial charge in [-0.3, -0.25) is 14.5 Å². The molecule has 0 aliphatic rings. The van der Waals surface area contributed by atoms with Crippen molar-refractivity contribution in [2.45, 2.75) is 0 Å². The van der Waals surface area contributed by atoms with Gasteiger partial charge in [-0.1, -0.05) is 91.0 Å². The third-order valence-electron chi connectivity index (χ3n) is 9.61. The number of rotatable bonds is 7. The van der Waals surface area contributed by atoms with Crippen LogP contribution in [0.25, 0.3) is 95.7 Å². The van der Waals surface area contributed by atoms with Crippen LogP contribution in [-0.2, 0) is 0 Å². The Morgan fingerprint density at radius 2 is 0.745 bits per heavy atom. The average Bonchev–Trinajstić information content (AvgIpc) is 3.60. The van der Waals surface area contributed by atoms with Crippen molar-refractivity contribution in [1.82, 2.24) is 39.5 Å². The molecule has 0 spiro atoms. The summed E-state index contributed by atoms with van der Waals surface area (Å²) in [6.07, 6.45) is 5.40. The first-order valence-corrected chi connectivity index (χ1v) is 18.0. The van der Waals surface area contributed by atoms with E-state index in [1.807, 2.05) is 134 Å². The predicted molar refractivity (Wildman–Crippen MR) is 218 cm³/mol. The van der Waals surface area contributed by atoms with Gasteiger partial charge in [-0.05, 0) is 72.8 Å². The molecule has 8 heteroatoms. The normalized spacial score (nSPS) is 11.3. The molecule has 0 aliphatic carbocycles. The fourth-order valence-electron chi connectivity index (χ4n) is 6.99. The molecule has 0 radical (unpaired) electrons. The van der Waals surface area contributed by atoms with Crippen LogP contribution in [0.3, 0.4) is 0 Å². The molecule has 0 saturated carbocycles. The van der Waals surface area contributed by atoms with Gasteiger partial charge in [0.25, 0.3) is 0 Å². The number of aromatic nitrogens is 8. The Bertz CT molecular complexity index is 2650. The summed E-state index contributed by atoms with van der Waals surface area (Å²) < 4.78 is 2.21. The van der Waals surface area contributed by atoms with Gasteiger partial charge in [0.15, 0.2) is 11.6 Å². The van der Waals surface area contributed by atoms with E-state index in [-0.39, 0.29) is 0 Å². The van der Waals surface area contributed by atoms with E-state index in [0.717, 1.165) is 84.0 Å². The molecule has 0 bridgehead atoms. The van der Waals surface area contributed by atoms with E-state index >= 15 is 0 Å². The van der Waals surface area contributed by atoms with Crippen molar-refractivity contribution in [3.8, 4) is 73.9 Å². The number of pyridine rings is 3. The van der Waals surface area contributed by atoms with Gasteiger partial charge < -0.3 is 0 Å². The van der Waals surface area contributed by atoms with E-state index in [9.17, 15) is 0 Å². The van der Waals surface area contributed by atoms with Crippen LogP contribution in [0.15, 0.2) is 182 Å². The summed E-state index contributed by atoms with van der Waals surface area (Å²) in [6, 6.07) is 54.8. The first-order chi connectivity index (χ1) is 27.2. The predicted octanol–water partition coefficient (Wildman–Crippen LogP) is 10.6. The smallest absolute Gasteiger partial charge is 0.160 e. The average molecular weight is 707 g/mol. The van der Waals surface area contributed by atoms with E-state index < -0.39 is 0 Å². The van der Waals surface area contributed by atoms with Gasteiger partial charge >= 0.3 is 0 Å². The van der Waals surface area contributed by atoms with Crippen LogP contribution in [0.2, 0.25) is 0 Å². The van der Waals surface area contributed by atoms with Gasteiger partial charge in [0.2, 0.25) is 0 Å². The largest absolute Gasteiger partial charge is 0.294 e. The minimum atomic E-state index is 0.638. The monoisotopic (exact) mass is 706 g/mol. The Kier molecular flexibility index (Phi) is 7.96. The highest BCUT2D eigenvalue weighted by atomic mass is 15.1. The van der Waals surface area contributed by atoms with E-state index in [1.165, 1.54) is 0 Å². The van der Waals surface area contributed by atoms with E-state index in [2.05, 4.69) is 50.9 Å². The fraction of sp³-hybridized carbons (Fsp3) is 0. The lowest BCUT2D eigenvalue weighted by Gasteiger charge is -2.10. The molecular weight excluding hydrogens is 677 g/mol. The number of benzene rings is 4. The first-order valence-electron chi connectivity index (χ1n) is 18.0. The van der Waals surface area contributed by atoms with Gasteiger partial charge in [0.05, 0.1) is 45.2 Å². The van der Waals surface area contributed by atoms with Crippen molar-refractivity contribution in [2.75, 3.05) is 0 Å². The molecule has 4 aromatic carbocycles. The van der Waals surface area contributed by atoms with Gasteiger partial charge in [-0.25, -0.2) is 24.9 Å². The SMILES string of the molecule is c1ccc(-c2nc(-c3ccc4c(c3)c3cc(-c5cc(-c6ccccn6)nc(-c6ccccc6)n5)ccc3n4-c3ccccn3)cc(-c3ccccn3)n2)cc1. The minimum absolute atomic E-state index is 0.638. The summed E-state index contributed by atoms with van der Waals surface area (Å²) in [7, 11) is 0. The molecule has 10 aromatic rings. The quantitative estimate of drug-likeness (QED) is 0.163. The van der Waals surface area contributed by atoms with E-state index in [0.29, 0.717) is 11.6 Å². The maximum absolute atomic E-state index is 5.11. The molecule has 10 rings (SSSR count). The summed E-state index contributed by atoms with van der Waals surface area (Å²) in [5.41, 5.74) is 10.5. The second-order valence-electron chi connectivity index (χ2n) is 13.1. The van der Waals surface area contributed by atoms with Crippen molar-refractivity contribution in [3.05, 3.63) is 182 Å². The van der Waals surface area contributed by atoms with Crippen LogP contribution in [0.4, 0.5) is 0 Å². The maximum Gasteiger partial charge on any atom is 0.160 e. The third-order valence-corrected chi connectivity index (χ3v) is 9.61. The van der Waals surface area contributed by atoms with E-state index in [4.69, 9.17) is 24.9 Å². The van der Waals surface area contributed by atoms with Crippen LogP contribution in [-0.4, -0.2) is 39.5 Å². The highest BCUT2D eigenvalue weighted by Gasteiger charge is 2.18. The first kappa shape index (κ1) is 32.0. The Labute approximate surface area is 316 Å². The summed E-state index contributed by atoms with van der Waals surface area (Å²) in [5, 5.41) is 2.11. The van der Waals surface area contributed by atoms with Crippen molar-refractivity contribution in [2.24, 2.45) is 0 Å². The standard InChI is InChI=1S/C47H30N8/c1-3-13-31(14-4-1)46-51-39(29-41(53-46)37-17-7-10-24-48-37)33-20-22-43-35(27-33)36-28-34(21-23-44(36)55(43)45-19-9-12-26-50-45)40-30-42(38-18-8-11-25-49-38)54-47(52-40)32-15-5-2-6-16-32/h1-30H. The number of hydrogen-bond donors (Lipinski definition) is 0. The van der Waals surface area contributed by atoms with Crippen molar-refractivity contribution in [3.63, 3.8) is 0 Å². The number of fused-ring (bicyclic) bond motifs is 3.